The van der Waals surface area contributed by atoms with Crippen molar-refractivity contribution in [1.82, 2.24) is 4.98 Å². The zero-order valence-electron chi connectivity index (χ0n) is 9.04. The minimum atomic E-state index is -2.93. The molecule has 0 saturated carbocycles. The molecule has 4 nitrogen and oxygen atoms in total. The zero-order valence-corrected chi connectivity index (χ0v) is 9.04. The summed E-state index contributed by atoms with van der Waals surface area (Å²) in [6.45, 7) is 1.70. The molecule has 0 saturated heterocycles. The highest BCUT2D eigenvalue weighted by Crippen LogP contribution is 2.24. The monoisotopic (exact) mass is 248 g/mol. The second kappa shape index (κ2) is 5.51. The van der Waals surface area contributed by atoms with Gasteiger partial charge in [-0.25, -0.2) is 18.2 Å². The quantitative estimate of drug-likeness (QED) is 0.826. The van der Waals surface area contributed by atoms with Crippen LogP contribution < -0.4 is 5.73 Å². The maximum atomic E-state index is 13.1. The summed E-state index contributed by atoms with van der Waals surface area (Å²) in [5, 5.41) is 0. The molecule has 0 amide bonds. The van der Waals surface area contributed by atoms with Crippen molar-refractivity contribution in [3.63, 3.8) is 0 Å². The van der Waals surface area contributed by atoms with Crippen LogP contribution in [0.15, 0.2) is 6.07 Å². The first-order chi connectivity index (χ1) is 7.95. The number of halogens is 3. The van der Waals surface area contributed by atoms with Gasteiger partial charge >= 0.3 is 5.97 Å². The SMILES string of the molecule is CCOC(=O)Cc1cc(F)c(N)nc1C(F)F. The number of carbonyl (C=O) groups excluding carboxylic acids is 1. The standard InChI is InChI=1S/C10H11F3N2O2/c1-2-17-7(16)4-5-3-6(11)10(14)15-8(5)9(12)13/h3,9H,2,4H2,1H3,(H2,14,15). The fourth-order valence-electron chi connectivity index (χ4n) is 1.25. The van der Waals surface area contributed by atoms with Crippen molar-refractivity contribution in [2.45, 2.75) is 19.8 Å². The molecule has 0 aliphatic carbocycles. The van der Waals surface area contributed by atoms with E-state index in [0.717, 1.165) is 6.07 Å². The van der Waals surface area contributed by atoms with E-state index >= 15 is 0 Å². The van der Waals surface area contributed by atoms with E-state index in [1.807, 2.05) is 0 Å². The van der Waals surface area contributed by atoms with E-state index < -0.39 is 36.1 Å². The van der Waals surface area contributed by atoms with Gasteiger partial charge in [-0.2, -0.15) is 0 Å². The Bertz CT molecular complexity index is 424. The van der Waals surface area contributed by atoms with Crippen LogP contribution in [0.25, 0.3) is 0 Å². The lowest BCUT2D eigenvalue weighted by Crippen LogP contribution is -2.12. The van der Waals surface area contributed by atoms with Gasteiger partial charge in [-0.05, 0) is 18.6 Å². The van der Waals surface area contributed by atoms with Gasteiger partial charge in [-0.1, -0.05) is 0 Å². The summed E-state index contributed by atoms with van der Waals surface area (Å²) in [4.78, 5) is 14.4. The van der Waals surface area contributed by atoms with Crippen molar-refractivity contribution in [2.24, 2.45) is 0 Å². The molecule has 0 unspecified atom stereocenters. The van der Waals surface area contributed by atoms with Gasteiger partial charge in [0.05, 0.1) is 13.0 Å². The number of anilines is 1. The van der Waals surface area contributed by atoms with Crippen LogP contribution in [0, 0.1) is 5.82 Å². The summed E-state index contributed by atoms with van der Waals surface area (Å²) < 4.78 is 42.8. The van der Waals surface area contributed by atoms with E-state index in [9.17, 15) is 18.0 Å². The molecule has 0 radical (unpaired) electrons. The lowest BCUT2D eigenvalue weighted by molar-refractivity contribution is -0.142. The first kappa shape index (κ1) is 13.3. The van der Waals surface area contributed by atoms with E-state index in [2.05, 4.69) is 9.72 Å². The summed E-state index contributed by atoms with van der Waals surface area (Å²) in [7, 11) is 0. The molecule has 0 spiro atoms. The third kappa shape index (κ3) is 3.33. The normalized spacial score (nSPS) is 10.6. The minimum Gasteiger partial charge on any atom is -0.466 e. The summed E-state index contributed by atoms with van der Waals surface area (Å²) in [6.07, 6.45) is -3.39. The fourth-order valence-corrected chi connectivity index (χ4v) is 1.25. The van der Waals surface area contributed by atoms with Gasteiger partial charge < -0.3 is 10.5 Å². The number of rotatable bonds is 4. The Balaban J connectivity index is 3.04. The summed E-state index contributed by atoms with van der Waals surface area (Å²) >= 11 is 0. The Kier molecular flexibility index (Phi) is 4.30. The zero-order chi connectivity index (χ0) is 13.0. The average molecular weight is 248 g/mol. The molecule has 17 heavy (non-hydrogen) atoms. The fraction of sp³-hybridized carbons (Fsp3) is 0.400. The lowest BCUT2D eigenvalue weighted by atomic mass is 10.1. The predicted molar refractivity (Wildman–Crippen MR) is 53.9 cm³/mol. The van der Waals surface area contributed by atoms with Gasteiger partial charge in [0.15, 0.2) is 11.6 Å². The smallest absolute Gasteiger partial charge is 0.310 e. The first-order valence-corrected chi connectivity index (χ1v) is 4.84. The number of pyridine rings is 1. The average Bonchev–Trinajstić information content (AvgIpc) is 2.23. The molecule has 1 aromatic rings. The second-order valence-corrected chi connectivity index (χ2v) is 3.18. The number of hydrogen-bond acceptors (Lipinski definition) is 4. The van der Waals surface area contributed by atoms with Gasteiger partial charge in [-0.15, -0.1) is 0 Å². The van der Waals surface area contributed by atoms with Gasteiger partial charge in [0.25, 0.3) is 6.43 Å². The number of nitrogens with two attached hydrogens (primary N) is 1. The van der Waals surface area contributed by atoms with E-state index in [1.54, 1.807) is 6.92 Å². The Morgan fingerprint density at radius 2 is 2.24 bits per heavy atom. The van der Waals surface area contributed by atoms with Crippen molar-refractivity contribution >= 4 is 11.8 Å². The number of nitrogen functional groups attached to an aromatic ring is 1. The van der Waals surface area contributed by atoms with Crippen LogP contribution in [-0.2, 0) is 16.0 Å². The summed E-state index contributed by atoms with van der Waals surface area (Å²) in [6, 6.07) is 0.779. The molecule has 0 atom stereocenters. The minimum absolute atomic E-state index is 0.119. The number of alkyl halides is 2. The van der Waals surface area contributed by atoms with Crippen molar-refractivity contribution in [1.29, 1.82) is 0 Å². The number of hydrogen-bond donors (Lipinski definition) is 1. The van der Waals surface area contributed by atoms with Gasteiger partial charge in [0.2, 0.25) is 0 Å². The molecule has 0 aliphatic rings. The highest BCUT2D eigenvalue weighted by molar-refractivity contribution is 5.73. The summed E-state index contributed by atoms with van der Waals surface area (Å²) in [5.41, 5.74) is 4.17. The molecule has 2 N–H and O–H groups in total. The van der Waals surface area contributed by atoms with E-state index in [4.69, 9.17) is 5.73 Å². The Hall–Kier alpha value is -1.79. The van der Waals surface area contributed by atoms with Crippen LogP contribution in [0.3, 0.4) is 0 Å². The number of ether oxygens (including phenoxy) is 1. The third-order valence-corrected chi connectivity index (χ3v) is 1.96. The topological polar surface area (TPSA) is 65.2 Å². The van der Waals surface area contributed by atoms with Crippen molar-refractivity contribution in [3.05, 3.63) is 23.1 Å². The van der Waals surface area contributed by atoms with Crippen LogP contribution in [0.4, 0.5) is 19.0 Å². The Morgan fingerprint density at radius 3 is 2.76 bits per heavy atom. The molecule has 0 bridgehead atoms. The van der Waals surface area contributed by atoms with E-state index in [-0.39, 0.29) is 12.2 Å². The Morgan fingerprint density at radius 1 is 1.59 bits per heavy atom. The third-order valence-electron chi connectivity index (χ3n) is 1.96. The van der Waals surface area contributed by atoms with Crippen molar-refractivity contribution in [2.75, 3.05) is 12.3 Å². The van der Waals surface area contributed by atoms with E-state index in [1.165, 1.54) is 0 Å². The number of aromatic nitrogens is 1. The number of nitrogens with zero attached hydrogens (tertiary/aromatic N) is 1. The molecule has 94 valence electrons. The molecule has 0 aromatic carbocycles. The first-order valence-electron chi connectivity index (χ1n) is 4.84. The maximum Gasteiger partial charge on any atom is 0.310 e. The van der Waals surface area contributed by atoms with Crippen LogP contribution >= 0.6 is 0 Å². The van der Waals surface area contributed by atoms with Crippen LogP contribution in [0.2, 0.25) is 0 Å². The van der Waals surface area contributed by atoms with Gasteiger partial charge in [-0.3, -0.25) is 4.79 Å². The molecule has 7 heteroatoms. The molecular weight excluding hydrogens is 237 g/mol. The van der Waals surface area contributed by atoms with Gasteiger partial charge in [0.1, 0.15) is 5.69 Å². The molecular formula is C10H11F3N2O2. The maximum absolute atomic E-state index is 13.1. The molecule has 0 fully saturated rings. The lowest BCUT2D eigenvalue weighted by Gasteiger charge is -2.09. The second-order valence-electron chi connectivity index (χ2n) is 3.18. The number of carbonyl (C=O) groups is 1. The molecule has 1 rings (SSSR count). The molecule has 1 heterocycles. The highest BCUT2D eigenvalue weighted by atomic mass is 19.3. The largest absolute Gasteiger partial charge is 0.466 e. The highest BCUT2D eigenvalue weighted by Gasteiger charge is 2.20. The van der Waals surface area contributed by atoms with Crippen molar-refractivity contribution < 1.29 is 22.7 Å². The van der Waals surface area contributed by atoms with Crippen LogP contribution in [0.5, 0.6) is 0 Å². The number of esters is 1. The van der Waals surface area contributed by atoms with E-state index in [0.29, 0.717) is 0 Å². The summed E-state index contributed by atoms with van der Waals surface area (Å²) in [5.74, 6) is -2.28. The predicted octanol–water partition coefficient (Wildman–Crippen LogP) is 1.85. The van der Waals surface area contributed by atoms with Crippen molar-refractivity contribution in [3.8, 4) is 0 Å². The van der Waals surface area contributed by atoms with Gasteiger partial charge in [0, 0.05) is 0 Å². The van der Waals surface area contributed by atoms with Crippen LogP contribution in [-0.4, -0.2) is 17.6 Å². The molecule has 0 aliphatic heterocycles. The molecule has 1 aromatic heterocycles. The Labute approximate surface area is 95.6 Å². The van der Waals surface area contributed by atoms with Crippen LogP contribution in [0.1, 0.15) is 24.6 Å².